The number of esters is 2. The van der Waals surface area contributed by atoms with E-state index >= 15 is 0 Å². The molecule has 20 heavy (non-hydrogen) atoms. The highest BCUT2D eigenvalue weighted by molar-refractivity contribution is 5.75. The quantitative estimate of drug-likeness (QED) is 0.658. The molecule has 0 amide bonds. The Balaban J connectivity index is 4.53. The predicted octanol–water partition coefficient (Wildman–Crippen LogP) is 1.88. The van der Waals surface area contributed by atoms with Crippen LogP contribution in [-0.2, 0) is 19.1 Å². The van der Waals surface area contributed by atoms with Gasteiger partial charge in [-0.2, -0.15) is 8.78 Å². The molecule has 7 heteroatoms. The van der Waals surface area contributed by atoms with Crippen LogP contribution in [0, 0.1) is 5.92 Å². The van der Waals surface area contributed by atoms with Crippen molar-refractivity contribution in [1.29, 1.82) is 0 Å². The van der Waals surface area contributed by atoms with Crippen LogP contribution in [0.15, 0.2) is 12.2 Å². The lowest BCUT2D eigenvalue weighted by Gasteiger charge is -2.18. The maximum absolute atomic E-state index is 12.3. The van der Waals surface area contributed by atoms with Crippen LogP contribution in [0.2, 0.25) is 0 Å². The van der Waals surface area contributed by atoms with Crippen LogP contribution in [0.3, 0.4) is 0 Å². The van der Waals surface area contributed by atoms with Crippen LogP contribution >= 0.6 is 0 Å². The van der Waals surface area contributed by atoms with Crippen molar-refractivity contribution in [3.8, 4) is 0 Å². The van der Waals surface area contributed by atoms with Gasteiger partial charge in [0.1, 0.15) is 6.04 Å². The van der Waals surface area contributed by atoms with Gasteiger partial charge < -0.3 is 14.8 Å². The minimum Gasteiger partial charge on any atom is -0.468 e. The molecule has 0 heterocycles. The van der Waals surface area contributed by atoms with Gasteiger partial charge in [-0.1, -0.05) is 6.92 Å². The fraction of sp³-hybridized carbons (Fsp3) is 0.692. The smallest absolute Gasteiger partial charge is 0.322 e. The van der Waals surface area contributed by atoms with Crippen LogP contribution in [0.4, 0.5) is 8.78 Å². The Hall–Kier alpha value is -1.50. The van der Waals surface area contributed by atoms with Crippen molar-refractivity contribution in [3.63, 3.8) is 0 Å². The number of carbonyl (C=O) groups is 2. The van der Waals surface area contributed by atoms with Gasteiger partial charge in [0, 0.05) is 12.5 Å². The first-order chi connectivity index (χ1) is 9.44. The minimum absolute atomic E-state index is 0.0593. The summed E-state index contributed by atoms with van der Waals surface area (Å²) < 4.78 is 34.0. The Morgan fingerprint density at radius 2 is 1.95 bits per heavy atom. The Kier molecular flexibility index (Phi) is 9.53. The highest BCUT2D eigenvalue weighted by atomic mass is 19.3. The van der Waals surface area contributed by atoms with Gasteiger partial charge in [0.2, 0.25) is 0 Å². The van der Waals surface area contributed by atoms with Crippen molar-refractivity contribution >= 4 is 11.9 Å². The summed E-state index contributed by atoms with van der Waals surface area (Å²) in [6.07, 6.45) is -0.892. The number of rotatable bonds is 9. The normalized spacial score (nSPS) is 13.2. The molecule has 0 spiro atoms. The molecule has 0 fully saturated rings. The van der Waals surface area contributed by atoms with E-state index in [9.17, 15) is 18.4 Å². The number of hydrogen-bond acceptors (Lipinski definition) is 5. The average Bonchev–Trinajstić information content (AvgIpc) is 2.38. The van der Waals surface area contributed by atoms with Gasteiger partial charge >= 0.3 is 11.9 Å². The lowest BCUT2D eigenvalue weighted by molar-refractivity contribution is -0.143. The molecule has 0 aromatic rings. The Labute approximate surface area is 117 Å². The summed E-state index contributed by atoms with van der Waals surface area (Å²) in [4.78, 5) is 22.7. The van der Waals surface area contributed by atoms with Gasteiger partial charge in [-0.05, 0) is 19.4 Å². The number of hydrogen-bond donors (Lipinski definition) is 1. The molecule has 0 radical (unpaired) electrons. The number of nitrogens with one attached hydrogen (secondary N) is 1. The first-order valence-electron chi connectivity index (χ1n) is 6.44. The predicted molar refractivity (Wildman–Crippen MR) is 69.1 cm³/mol. The molecular formula is C13H21F2NO4. The Morgan fingerprint density at radius 1 is 1.30 bits per heavy atom. The molecule has 0 rings (SSSR count). The van der Waals surface area contributed by atoms with E-state index in [0.29, 0.717) is 12.5 Å². The van der Waals surface area contributed by atoms with Gasteiger partial charge in [-0.15, -0.1) is 0 Å². The Morgan fingerprint density at radius 3 is 2.40 bits per heavy atom. The zero-order chi connectivity index (χ0) is 15.5. The van der Waals surface area contributed by atoms with E-state index in [1.165, 1.54) is 7.11 Å². The van der Waals surface area contributed by atoms with Gasteiger partial charge in [-0.25, -0.2) is 0 Å². The molecule has 0 aliphatic carbocycles. The average molecular weight is 293 g/mol. The zero-order valence-corrected chi connectivity index (χ0v) is 11.9. The van der Waals surface area contributed by atoms with Crippen LogP contribution in [0.5, 0.6) is 0 Å². The molecule has 0 aliphatic rings. The molecule has 2 atom stereocenters. The lowest BCUT2D eigenvalue weighted by atomic mass is 10.0. The number of ether oxygens (including phenoxy) is 2. The summed E-state index contributed by atoms with van der Waals surface area (Å²) in [5.74, 6) is -1.76. The molecule has 0 aromatic heterocycles. The molecule has 5 nitrogen and oxygen atoms in total. The third kappa shape index (κ3) is 7.83. The second-order valence-corrected chi connectivity index (χ2v) is 4.12. The molecular weight excluding hydrogens is 272 g/mol. The van der Waals surface area contributed by atoms with E-state index < -0.39 is 30.0 Å². The van der Waals surface area contributed by atoms with Crippen LogP contribution in [-0.4, -0.2) is 38.2 Å². The fourth-order valence-electron chi connectivity index (χ4n) is 1.63. The van der Waals surface area contributed by atoms with E-state index in [0.717, 1.165) is 0 Å². The SMILES string of the molecule is CCOC(=O)C[C@@H](C=C(F)F)CN[C@@H](CC)C(=O)OC. The van der Waals surface area contributed by atoms with Gasteiger partial charge in [0.05, 0.1) is 20.1 Å². The van der Waals surface area contributed by atoms with E-state index in [2.05, 4.69) is 10.1 Å². The van der Waals surface area contributed by atoms with Crippen molar-refractivity contribution in [3.05, 3.63) is 12.2 Å². The number of halogens is 2. The topological polar surface area (TPSA) is 64.6 Å². The highest BCUT2D eigenvalue weighted by Crippen LogP contribution is 2.11. The molecule has 0 aliphatic heterocycles. The van der Waals surface area contributed by atoms with Crippen LogP contribution in [0.1, 0.15) is 26.7 Å². The molecule has 0 bridgehead atoms. The maximum atomic E-state index is 12.3. The monoisotopic (exact) mass is 293 g/mol. The Bertz CT molecular complexity index is 343. The summed E-state index contributed by atoms with van der Waals surface area (Å²) in [5.41, 5.74) is 0. The van der Waals surface area contributed by atoms with Gasteiger partial charge in [0.25, 0.3) is 6.08 Å². The van der Waals surface area contributed by atoms with E-state index in [1.807, 2.05) is 0 Å². The standard InChI is InChI=1S/C13H21F2NO4/c1-4-10(13(18)19-3)16-8-9(6-11(14)15)7-12(17)20-5-2/h6,9-10,16H,4-5,7-8H2,1-3H3/t9-,10+/m1/s1. The molecule has 116 valence electrons. The lowest BCUT2D eigenvalue weighted by Crippen LogP contribution is -2.40. The summed E-state index contributed by atoms with van der Waals surface area (Å²) >= 11 is 0. The third-order valence-corrected chi connectivity index (χ3v) is 2.62. The van der Waals surface area contributed by atoms with Gasteiger partial charge in [-0.3, -0.25) is 9.59 Å². The maximum Gasteiger partial charge on any atom is 0.322 e. The number of carbonyl (C=O) groups excluding carboxylic acids is 2. The van der Waals surface area contributed by atoms with Gasteiger partial charge in [0.15, 0.2) is 0 Å². The summed E-state index contributed by atoms with van der Waals surface area (Å²) in [6.45, 7) is 3.66. The summed E-state index contributed by atoms with van der Waals surface area (Å²) in [7, 11) is 1.25. The van der Waals surface area contributed by atoms with Crippen molar-refractivity contribution in [2.75, 3.05) is 20.3 Å². The second-order valence-electron chi connectivity index (χ2n) is 4.12. The van der Waals surface area contributed by atoms with Crippen molar-refractivity contribution in [2.24, 2.45) is 5.92 Å². The van der Waals surface area contributed by atoms with E-state index in [4.69, 9.17) is 4.74 Å². The van der Waals surface area contributed by atoms with E-state index in [-0.39, 0.29) is 19.6 Å². The van der Waals surface area contributed by atoms with Crippen LogP contribution in [0.25, 0.3) is 0 Å². The molecule has 0 unspecified atom stereocenters. The minimum atomic E-state index is -1.87. The molecule has 1 N–H and O–H groups in total. The largest absolute Gasteiger partial charge is 0.468 e. The second kappa shape index (κ2) is 10.3. The zero-order valence-electron chi connectivity index (χ0n) is 11.9. The molecule has 0 aromatic carbocycles. The van der Waals surface area contributed by atoms with Crippen LogP contribution < -0.4 is 5.32 Å². The van der Waals surface area contributed by atoms with Crippen molar-refractivity contribution in [1.82, 2.24) is 5.32 Å². The first kappa shape index (κ1) is 18.5. The summed E-state index contributed by atoms with van der Waals surface area (Å²) in [5, 5.41) is 2.81. The highest BCUT2D eigenvalue weighted by Gasteiger charge is 2.20. The third-order valence-electron chi connectivity index (χ3n) is 2.62. The number of methoxy groups -OCH3 is 1. The molecule has 0 saturated carbocycles. The molecule has 0 saturated heterocycles. The van der Waals surface area contributed by atoms with Crippen molar-refractivity contribution < 1.29 is 27.8 Å². The summed E-state index contributed by atoms with van der Waals surface area (Å²) in [6, 6.07) is -0.583. The van der Waals surface area contributed by atoms with E-state index in [1.54, 1.807) is 13.8 Å². The first-order valence-corrected chi connectivity index (χ1v) is 6.44. The fourth-order valence-corrected chi connectivity index (χ4v) is 1.63. The van der Waals surface area contributed by atoms with Crippen molar-refractivity contribution in [2.45, 2.75) is 32.7 Å².